The number of aliphatic carboxylic acids is 1. The second-order valence-electron chi connectivity index (χ2n) is 11.0. The Bertz CT molecular complexity index is 1560. The van der Waals surface area contributed by atoms with Crippen molar-refractivity contribution in [2.24, 2.45) is 11.3 Å². The highest BCUT2D eigenvalue weighted by molar-refractivity contribution is 7.91. The summed E-state index contributed by atoms with van der Waals surface area (Å²) in [7, 11) is -3.89. The van der Waals surface area contributed by atoms with Crippen molar-refractivity contribution in [2.45, 2.75) is 54.8 Å². The van der Waals surface area contributed by atoms with E-state index in [1.54, 1.807) is 30.0 Å². The molecule has 218 valence electrons. The van der Waals surface area contributed by atoms with Crippen molar-refractivity contribution in [3.63, 3.8) is 0 Å². The fraction of sp³-hybridized carbons (Fsp3) is 0.379. The number of carboxylic acids is 1. The van der Waals surface area contributed by atoms with E-state index in [4.69, 9.17) is 34.8 Å². The minimum atomic E-state index is -3.89. The molecule has 7 nitrogen and oxygen atoms in total. The van der Waals surface area contributed by atoms with Crippen molar-refractivity contribution < 1.29 is 23.1 Å². The minimum Gasteiger partial charge on any atom is -0.481 e. The molecule has 12 heteroatoms. The summed E-state index contributed by atoms with van der Waals surface area (Å²) < 4.78 is 29.5. The number of hydrogen-bond donors (Lipinski definition) is 2. The molecule has 41 heavy (non-hydrogen) atoms. The molecule has 5 rings (SSSR count). The van der Waals surface area contributed by atoms with Crippen LogP contribution in [0.1, 0.15) is 55.7 Å². The van der Waals surface area contributed by atoms with Crippen LogP contribution in [-0.4, -0.2) is 42.9 Å². The van der Waals surface area contributed by atoms with Gasteiger partial charge in [-0.3, -0.25) is 9.59 Å². The average Bonchev–Trinajstić information content (AvgIpc) is 3.65. The van der Waals surface area contributed by atoms with Gasteiger partial charge in [0.15, 0.2) is 0 Å². The Labute approximate surface area is 258 Å². The number of piperidine rings is 1. The van der Waals surface area contributed by atoms with Crippen molar-refractivity contribution in [3.8, 4) is 0 Å². The fourth-order valence-corrected chi connectivity index (χ4v) is 8.83. The maximum absolute atomic E-state index is 14.5. The van der Waals surface area contributed by atoms with Crippen molar-refractivity contribution in [2.75, 3.05) is 6.54 Å². The van der Waals surface area contributed by atoms with Crippen molar-refractivity contribution in [1.82, 2.24) is 9.62 Å². The molecule has 1 aliphatic heterocycles. The highest BCUT2D eigenvalue weighted by atomic mass is 35.5. The van der Waals surface area contributed by atoms with E-state index >= 15 is 0 Å². The molecule has 2 aromatic carbocycles. The normalized spacial score (nSPS) is 23.9. The highest BCUT2D eigenvalue weighted by Gasteiger charge is 2.54. The molecule has 0 spiro atoms. The van der Waals surface area contributed by atoms with Gasteiger partial charge >= 0.3 is 5.97 Å². The van der Waals surface area contributed by atoms with E-state index in [1.807, 2.05) is 30.3 Å². The SMILES string of the molecule is C[C@]1(CC(=O)O)C[C@H](c2cccc(Cl)c2)[C@@H](c2ccc(Cl)cc2)N(C(CNS(=O)(=O)c2ccc(Cl)s2)C2CC2)C1=O. The first-order valence-electron chi connectivity index (χ1n) is 13.2. The number of rotatable bonds is 10. The molecule has 2 N–H and O–H groups in total. The molecular weight excluding hydrogens is 627 g/mol. The Morgan fingerprint density at radius 2 is 1.78 bits per heavy atom. The van der Waals surface area contributed by atoms with Gasteiger partial charge in [-0.2, -0.15) is 0 Å². The number of nitrogens with zero attached hydrogens (tertiary/aromatic N) is 1. The first-order chi connectivity index (χ1) is 19.4. The number of likely N-dealkylation sites (tertiary alicyclic amines) is 1. The van der Waals surface area contributed by atoms with Crippen LogP contribution in [0.2, 0.25) is 14.4 Å². The van der Waals surface area contributed by atoms with Crippen molar-refractivity contribution in [1.29, 1.82) is 0 Å². The maximum atomic E-state index is 14.5. The van der Waals surface area contributed by atoms with E-state index in [0.717, 1.165) is 35.3 Å². The van der Waals surface area contributed by atoms with Gasteiger partial charge in [-0.05, 0) is 72.7 Å². The van der Waals surface area contributed by atoms with Crippen LogP contribution in [0.5, 0.6) is 0 Å². The number of amides is 1. The summed E-state index contributed by atoms with van der Waals surface area (Å²) in [6, 6.07) is 16.6. The zero-order valence-electron chi connectivity index (χ0n) is 22.1. The topological polar surface area (TPSA) is 104 Å². The quantitative estimate of drug-likeness (QED) is 0.245. The van der Waals surface area contributed by atoms with Crippen LogP contribution in [0, 0.1) is 11.3 Å². The summed E-state index contributed by atoms with van der Waals surface area (Å²) in [6.07, 6.45) is 1.57. The van der Waals surface area contributed by atoms with Crippen LogP contribution in [0.4, 0.5) is 0 Å². The molecule has 1 amide bonds. The molecule has 4 atom stereocenters. The number of thiophene rings is 1. The van der Waals surface area contributed by atoms with E-state index in [9.17, 15) is 23.1 Å². The van der Waals surface area contributed by atoms with E-state index in [1.165, 1.54) is 12.1 Å². The van der Waals surface area contributed by atoms with Crippen LogP contribution in [0.3, 0.4) is 0 Å². The Kier molecular flexibility index (Phi) is 8.77. The zero-order chi connectivity index (χ0) is 29.5. The van der Waals surface area contributed by atoms with Gasteiger partial charge in [0.1, 0.15) is 4.21 Å². The van der Waals surface area contributed by atoms with Crippen LogP contribution in [-0.2, 0) is 19.6 Å². The molecule has 1 saturated heterocycles. The zero-order valence-corrected chi connectivity index (χ0v) is 26.0. The second kappa shape index (κ2) is 11.9. The van der Waals surface area contributed by atoms with Gasteiger partial charge < -0.3 is 10.0 Å². The lowest BCUT2D eigenvalue weighted by Crippen LogP contribution is -2.59. The summed E-state index contributed by atoms with van der Waals surface area (Å²) in [5.41, 5.74) is 0.466. The van der Waals surface area contributed by atoms with Gasteiger partial charge in [-0.1, -0.05) is 66.0 Å². The molecule has 1 aromatic heterocycles. The fourth-order valence-electron chi connectivity index (χ4n) is 5.93. The third-order valence-corrected chi connectivity index (χ3v) is 11.6. The number of benzene rings is 2. The van der Waals surface area contributed by atoms with Gasteiger partial charge in [0, 0.05) is 28.5 Å². The van der Waals surface area contributed by atoms with Crippen molar-refractivity contribution >= 4 is 68.0 Å². The summed E-state index contributed by atoms with van der Waals surface area (Å²) in [5.74, 6) is -1.65. The number of hydrogen-bond acceptors (Lipinski definition) is 5. The predicted octanol–water partition coefficient (Wildman–Crippen LogP) is 7.00. The van der Waals surface area contributed by atoms with Crippen molar-refractivity contribution in [3.05, 3.63) is 86.2 Å². The minimum absolute atomic E-state index is 0.0240. The molecule has 0 radical (unpaired) electrons. The lowest BCUT2D eigenvalue weighted by atomic mass is 9.67. The van der Waals surface area contributed by atoms with E-state index in [0.29, 0.717) is 14.4 Å². The number of carbonyl (C=O) groups excluding carboxylic acids is 1. The van der Waals surface area contributed by atoms with E-state index in [2.05, 4.69) is 4.72 Å². The number of sulfonamides is 1. The first-order valence-corrected chi connectivity index (χ1v) is 16.6. The summed E-state index contributed by atoms with van der Waals surface area (Å²) in [5, 5.41) is 10.9. The third kappa shape index (κ3) is 6.60. The summed E-state index contributed by atoms with van der Waals surface area (Å²) >= 11 is 19.6. The maximum Gasteiger partial charge on any atom is 0.304 e. The Balaban J connectivity index is 1.62. The molecular formula is C29H29Cl3N2O5S2. The first kappa shape index (κ1) is 30.3. The molecule has 1 aliphatic carbocycles. The average molecular weight is 656 g/mol. The van der Waals surface area contributed by atoms with Crippen LogP contribution in [0.15, 0.2) is 64.9 Å². The number of carbonyl (C=O) groups is 2. The van der Waals surface area contributed by atoms with Gasteiger partial charge in [-0.15, -0.1) is 11.3 Å². The van der Waals surface area contributed by atoms with Crippen LogP contribution >= 0.6 is 46.1 Å². The second-order valence-corrected chi connectivity index (χ2v) is 15.6. The lowest BCUT2D eigenvalue weighted by molar-refractivity contribution is -0.161. The smallest absolute Gasteiger partial charge is 0.304 e. The Morgan fingerprint density at radius 1 is 1.07 bits per heavy atom. The van der Waals surface area contributed by atoms with E-state index in [-0.39, 0.29) is 41.3 Å². The number of halogens is 3. The third-order valence-electron chi connectivity index (χ3n) is 7.95. The molecule has 2 heterocycles. The number of carboxylic acid groups (broad SMARTS) is 1. The molecule has 0 bridgehead atoms. The monoisotopic (exact) mass is 654 g/mol. The van der Waals surface area contributed by atoms with Gasteiger partial charge in [0.25, 0.3) is 0 Å². The summed E-state index contributed by atoms with van der Waals surface area (Å²) in [6.45, 7) is 1.66. The molecule has 1 unspecified atom stereocenters. The van der Waals surface area contributed by atoms with Crippen LogP contribution < -0.4 is 4.72 Å². The molecule has 1 saturated carbocycles. The standard InChI is InChI=1S/C29H29Cl3N2O5S2/c1-29(15-25(35)36)14-22(19-3-2-4-21(31)13-19)27(18-7-9-20(30)10-8-18)34(28(29)37)23(17-5-6-17)16-33-41(38,39)26-12-11-24(32)40-26/h2-4,7-13,17,22-23,27,33H,5-6,14-16H2,1H3,(H,35,36)/t22-,23?,27-,29-/m1/s1. The molecule has 3 aromatic rings. The molecule has 2 fully saturated rings. The predicted molar refractivity (Wildman–Crippen MR) is 161 cm³/mol. The van der Waals surface area contributed by atoms with E-state index < -0.39 is 33.5 Å². The largest absolute Gasteiger partial charge is 0.481 e. The van der Waals surface area contributed by atoms with Gasteiger partial charge in [0.05, 0.1) is 22.2 Å². The van der Waals surface area contributed by atoms with Crippen LogP contribution in [0.25, 0.3) is 0 Å². The lowest BCUT2D eigenvalue weighted by Gasteiger charge is -2.52. The Hall–Kier alpha value is -2.14. The number of nitrogens with one attached hydrogen (secondary N) is 1. The highest BCUT2D eigenvalue weighted by Crippen LogP contribution is 2.54. The Morgan fingerprint density at radius 3 is 2.37 bits per heavy atom. The summed E-state index contributed by atoms with van der Waals surface area (Å²) in [4.78, 5) is 28.3. The van der Waals surface area contributed by atoms with Gasteiger partial charge in [0.2, 0.25) is 15.9 Å². The molecule has 2 aliphatic rings. The van der Waals surface area contributed by atoms with Gasteiger partial charge in [-0.25, -0.2) is 13.1 Å².